The zero-order chi connectivity index (χ0) is 21.0. The van der Waals surface area contributed by atoms with Crippen LogP contribution in [0.5, 0.6) is 0 Å². The lowest BCUT2D eigenvalue weighted by molar-refractivity contribution is -0.122. The summed E-state index contributed by atoms with van der Waals surface area (Å²) in [6, 6.07) is 14.1. The average Bonchev–Trinajstić information content (AvgIpc) is 3.12. The molecule has 29 heavy (non-hydrogen) atoms. The normalized spacial score (nSPS) is 16.2. The maximum Gasteiger partial charge on any atom is 0.229 e. The number of benzene rings is 2. The lowest BCUT2D eigenvalue weighted by Gasteiger charge is -2.22. The van der Waals surface area contributed by atoms with Crippen LogP contribution in [-0.4, -0.2) is 31.4 Å². The summed E-state index contributed by atoms with van der Waals surface area (Å²) in [5.41, 5.74) is 5.09. The lowest BCUT2D eigenvalue weighted by Crippen LogP contribution is -2.28. The first-order valence-corrected chi connectivity index (χ1v) is 10.5. The van der Waals surface area contributed by atoms with Crippen LogP contribution in [0, 0.1) is 12.8 Å². The third kappa shape index (κ3) is 4.61. The number of carbonyl (C=O) groups excluding carboxylic acids is 2. The number of rotatable bonds is 7. The molecule has 0 saturated carbocycles. The van der Waals surface area contributed by atoms with Crippen LogP contribution in [0.3, 0.4) is 0 Å². The van der Waals surface area contributed by atoms with Gasteiger partial charge in [-0.1, -0.05) is 19.1 Å². The van der Waals surface area contributed by atoms with Gasteiger partial charge < -0.3 is 15.1 Å². The summed E-state index contributed by atoms with van der Waals surface area (Å²) in [5, 5.41) is 3.03. The average molecular weight is 394 g/mol. The summed E-state index contributed by atoms with van der Waals surface area (Å²) in [6.07, 6.45) is 1.21. The zero-order valence-corrected chi connectivity index (χ0v) is 17.9. The van der Waals surface area contributed by atoms with Gasteiger partial charge in [-0.2, -0.15) is 0 Å². The molecular weight excluding hydrogens is 362 g/mol. The SMILES string of the molecule is CCc1ccc(N2CC(C(=O)Nc3ccc(N(CC)CC)cc3C)CC2=O)cc1. The number of aryl methyl sites for hydroxylation is 2. The van der Waals surface area contributed by atoms with Crippen LogP contribution in [0.1, 0.15) is 38.3 Å². The van der Waals surface area contributed by atoms with Crippen LogP contribution < -0.4 is 15.1 Å². The Morgan fingerprint density at radius 1 is 1.10 bits per heavy atom. The van der Waals surface area contributed by atoms with E-state index in [4.69, 9.17) is 0 Å². The highest BCUT2D eigenvalue weighted by Gasteiger charge is 2.35. The van der Waals surface area contributed by atoms with E-state index >= 15 is 0 Å². The molecule has 154 valence electrons. The molecule has 1 aliphatic rings. The van der Waals surface area contributed by atoms with E-state index < -0.39 is 0 Å². The van der Waals surface area contributed by atoms with E-state index in [0.717, 1.165) is 42.1 Å². The molecule has 1 atom stereocenters. The van der Waals surface area contributed by atoms with Gasteiger partial charge in [-0.15, -0.1) is 0 Å². The molecule has 0 aromatic heterocycles. The van der Waals surface area contributed by atoms with Gasteiger partial charge in [0.2, 0.25) is 11.8 Å². The highest BCUT2D eigenvalue weighted by Crippen LogP contribution is 2.28. The van der Waals surface area contributed by atoms with Crippen molar-refractivity contribution in [1.82, 2.24) is 0 Å². The van der Waals surface area contributed by atoms with Gasteiger partial charge in [0.05, 0.1) is 5.92 Å². The van der Waals surface area contributed by atoms with Crippen molar-refractivity contribution in [3.8, 4) is 0 Å². The highest BCUT2D eigenvalue weighted by atomic mass is 16.2. The fourth-order valence-electron chi connectivity index (χ4n) is 3.85. The molecule has 2 amide bonds. The molecular formula is C24H31N3O2. The Labute approximate surface area is 173 Å². The summed E-state index contributed by atoms with van der Waals surface area (Å²) < 4.78 is 0. The molecule has 1 heterocycles. The van der Waals surface area contributed by atoms with Crippen LogP contribution in [-0.2, 0) is 16.0 Å². The smallest absolute Gasteiger partial charge is 0.229 e. The van der Waals surface area contributed by atoms with Crippen LogP contribution in [0.15, 0.2) is 42.5 Å². The summed E-state index contributed by atoms with van der Waals surface area (Å²) in [7, 11) is 0. The minimum Gasteiger partial charge on any atom is -0.372 e. The third-order valence-corrected chi connectivity index (χ3v) is 5.75. The Kier molecular flexibility index (Phi) is 6.57. The molecule has 0 radical (unpaired) electrons. The molecule has 1 unspecified atom stereocenters. The van der Waals surface area contributed by atoms with E-state index in [0.29, 0.717) is 6.54 Å². The van der Waals surface area contributed by atoms with E-state index in [2.05, 4.69) is 37.1 Å². The Morgan fingerprint density at radius 2 is 1.79 bits per heavy atom. The van der Waals surface area contributed by atoms with Crippen molar-refractivity contribution in [2.24, 2.45) is 5.92 Å². The molecule has 0 spiro atoms. The van der Waals surface area contributed by atoms with E-state index in [1.54, 1.807) is 4.90 Å². The molecule has 0 aliphatic carbocycles. The Morgan fingerprint density at radius 3 is 2.38 bits per heavy atom. The monoisotopic (exact) mass is 393 g/mol. The van der Waals surface area contributed by atoms with Gasteiger partial charge in [0.15, 0.2) is 0 Å². The summed E-state index contributed by atoms with van der Waals surface area (Å²) in [5.74, 6) is -0.428. The van der Waals surface area contributed by atoms with Gasteiger partial charge in [-0.05, 0) is 68.7 Å². The fraction of sp³-hybridized carbons (Fsp3) is 0.417. The van der Waals surface area contributed by atoms with Crippen LogP contribution >= 0.6 is 0 Å². The van der Waals surface area contributed by atoms with Gasteiger partial charge in [0.25, 0.3) is 0 Å². The minimum absolute atomic E-state index is 0.00278. The van der Waals surface area contributed by atoms with E-state index in [9.17, 15) is 9.59 Å². The summed E-state index contributed by atoms with van der Waals surface area (Å²) in [4.78, 5) is 29.3. The van der Waals surface area contributed by atoms with E-state index in [-0.39, 0.29) is 24.2 Å². The van der Waals surface area contributed by atoms with Gasteiger partial charge in [-0.3, -0.25) is 9.59 Å². The van der Waals surface area contributed by atoms with Gasteiger partial charge in [0.1, 0.15) is 0 Å². The number of amides is 2. The summed E-state index contributed by atoms with van der Waals surface area (Å²) in [6.45, 7) is 10.7. The second-order valence-electron chi connectivity index (χ2n) is 7.59. The number of anilines is 3. The molecule has 1 N–H and O–H groups in total. The molecule has 5 nitrogen and oxygen atoms in total. The van der Waals surface area contributed by atoms with Gasteiger partial charge in [-0.25, -0.2) is 0 Å². The topological polar surface area (TPSA) is 52.7 Å². The molecule has 1 fully saturated rings. The Bertz CT molecular complexity index is 872. The van der Waals surface area contributed by atoms with Crippen molar-refractivity contribution in [2.75, 3.05) is 34.8 Å². The maximum absolute atomic E-state index is 12.8. The first-order chi connectivity index (χ1) is 14.0. The quantitative estimate of drug-likeness (QED) is 0.759. The first kappa shape index (κ1) is 20.9. The van der Waals surface area contributed by atoms with Crippen molar-refractivity contribution in [2.45, 2.75) is 40.5 Å². The standard InChI is InChI=1S/C24H31N3O2/c1-5-18-8-10-20(11-9-18)27-16-19(15-23(27)28)24(29)25-22-13-12-21(14-17(22)4)26(6-2)7-3/h8-14,19H,5-7,15-16H2,1-4H3,(H,25,29). The maximum atomic E-state index is 12.8. The number of nitrogens with zero attached hydrogens (tertiary/aromatic N) is 2. The highest BCUT2D eigenvalue weighted by molar-refractivity contribution is 6.03. The van der Waals surface area contributed by atoms with Crippen molar-refractivity contribution in [3.05, 3.63) is 53.6 Å². The first-order valence-electron chi connectivity index (χ1n) is 10.5. The Hall–Kier alpha value is -2.82. The van der Waals surface area contributed by atoms with Crippen molar-refractivity contribution in [1.29, 1.82) is 0 Å². The third-order valence-electron chi connectivity index (χ3n) is 5.75. The Balaban J connectivity index is 1.67. The lowest BCUT2D eigenvalue weighted by atomic mass is 10.1. The molecule has 1 saturated heterocycles. The molecule has 2 aromatic carbocycles. The van der Waals surface area contributed by atoms with Crippen molar-refractivity contribution >= 4 is 28.9 Å². The number of nitrogens with one attached hydrogen (secondary N) is 1. The molecule has 1 aliphatic heterocycles. The largest absolute Gasteiger partial charge is 0.372 e. The number of hydrogen-bond donors (Lipinski definition) is 1. The van der Waals surface area contributed by atoms with Gasteiger partial charge in [0, 0.05) is 43.1 Å². The van der Waals surface area contributed by atoms with Crippen LogP contribution in [0.4, 0.5) is 17.1 Å². The predicted octanol–water partition coefficient (Wildman–Crippen LogP) is 4.40. The zero-order valence-electron chi connectivity index (χ0n) is 17.9. The van der Waals surface area contributed by atoms with Crippen LogP contribution in [0.25, 0.3) is 0 Å². The number of carbonyl (C=O) groups is 2. The van der Waals surface area contributed by atoms with E-state index in [1.165, 1.54) is 5.56 Å². The van der Waals surface area contributed by atoms with Crippen molar-refractivity contribution in [3.63, 3.8) is 0 Å². The summed E-state index contributed by atoms with van der Waals surface area (Å²) >= 11 is 0. The van der Waals surface area contributed by atoms with Crippen LogP contribution in [0.2, 0.25) is 0 Å². The van der Waals surface area contributed by atoms with Gasteiger partial charge >= 0.3 is 0 Å². The van der Waals surface area contributed by atoms with Crippen molar-refractivity contribution < 1.29 is 9.59 Å². The molecule has 0 bridgehead atoms. The minimum atomic E-state index is -0.338. The number of hydrogen-bond acceptors (Lipinski definition) is 3. The molecule has 5 heteroatoms. The second kappa shape index (κ2) is 9.12. The second-order valence-corrected chi connectivity index (χ2v) is 7.59. The molecule has 3 rings (SSSR count). The molecule has 2 aromatic rings. The predicted molar refractivity (Wildman–Crippen MR) is 120 cm³/mol. The fourth-order valence-corrected chi connectivity index (χ4v) is 3.85. The van der Waals surface area contributed by atoms with E-state index in [1.807, 2.05) is 43.3 Å².